The quantitative estimate of drug-likeness (QED) is 0.582. The molecule has 0 saturated carbocycles. The number of hydrogen-bond donors (Lipinski definition) is 1. The molecule has 1 N–H and O–H groups in total. The van der Waals surface area contributed by atoms with Gasteiger partial charge in [-0.3, -0.25) is 14.6 Å². The minimum absolute atomic E-state index is 0.121. The highest BCUT2D eigenvalue weighted by Crippen LogP contribution is 2.33. The highest BCUT2D eigenvalue weighted by atomic mass is 35.5. The van der Waals surface area contributed by atoms with E-state index in [1.54, 1.807) is 6.92 Å². The first kappa shape index (κ1) is 24.0. The first-order valence-electron chi connectivity index (χ1n) is 10.2. The summed E-state index contributed by atoms with van der Waals surface area (Å²) in [5, 5.41) is 4.61. The number of nitrogens with one attached hydrogen (secondary N) is 1. The second kappa shape index (κ2) is 10.8. The Balaban J connectivity index is 1.52. The number of nitrogens with zero attached hydrogens (tertiary/aromatic N) is 2. The Morgan fingerprint density at radius 1 is 1.10 bits per heavy atom. The number of hydrogen-bond acceptors (Lipinski definition) is 6. The van der Waals surface area contributed by atoms with E-state index in [1.807, 2.05) is 32.0 Å². The summed E-state index contributed by atoms with van der Waals surface area (Å²) in [6.45, 7) is 10.3. The zero-order valence-electron chi connectivity index (χ0n) is 18.0. The summed E-state index contributed by atoms with van der Waals surface area (Å²) in [6, 6.07) is 5.70. The van der Waals surface area contributed by atoms with Crippen molar-refractivity contribution in [2.24, 2.45) is 0 Å². The fourth-order valence-electron chi connectivity index (χ4n) is 3.54. The Morgan fingerprint density at radius 2 is 1.77 bits per heavy atom. The number of anilines is 1. The van der Waals surface area contributed by atoms with Gasteiger partial charge in [-0.25, -0.2) is 4.79 Å². The number of piperazine rings is 1. The first-order valence-corrected chi connectivity index (χ1v) is 11.8. The molecule has 2 heterocycles. The Bertz CT molecular complexity index is 956. The second-order valence-electron chi connectivity index (χ2n) is 7.56. The third-order valence-electron chi connectivity index (χ3n) is 5.34. The van der Waals surface area contributed by atoms with Crippen LogP contribution in [0.25, 0.3) is 0 Å². The van der Waals surface area contributed by atoms with Gasteiger partial charge in [0, 0.05) is 37.6 Å². The van der Waals surface area contributed by atoms with Crippen LogP contribution in [-0.4, -0.2) is 61.0 Å². The molecule has 9 heteroatoms. The van der Waals surface area contributed by atoms with Crippen molar-refractivity contribution in [3.8, 4) is 0 Å². The molecule has 1 saturated heterocycles. The lowest BCUT2D eigenvalue weighted by Crippen LogP contribution is -2.48. The van der Waals surface area contributed by atoms with Gasteiger partial charge in [0.25, 0.3) is 0 Å². The Labute approximate surface area is 197 Å². The third kappa shape index (κ3) is 6.20. The lowest BCUT2D eigenvalue weighted by atomic mass is 10.1. The zero-order valence-corrected chi connectivity index (χ0v) is 20.3. The standard InChI is InChI=1S/C22H27Cl2N3O3S/c1-4-30-22(29)20-14(2)15(3)31-21(20)25-19(28)13-27-9-7-26(8-10-27)12-16-5-6-17(23)18(24)11-16/h5-6,11H,4,7-10,12-13H2,1-3H3,(H,25,28). The Hall–Kier alpha value is -1.64. The number of aryl methyl sites for hydroxylation is 1. The Kier molecular flexibility index (Phi) is 8.36. The molecule has 1 aromatic heterocycles. The van der Waals surface area contributed by atoms with E-state index >= 15 is 0 Å². The van der Waals surface area contributed by atoms with Gasteiger partial charge in [-0.2, -0.15) is 0 Å². The van der Waals surface area contributed by atoms with Crippen LogP contribution in [0.3, 0.4) is 0 Å². The van der Waals surface area contributed by atoms with Crippen molar-refractivity contribution in [2.45, 2.75) is 27.3 Å². The molecule has 31 heavy (non-hydrogen) atoms. The minimum atomic E-state index is -0.393. The predicted octanol–water partition coefficient (Wildman–Crippen LogP) is 4.60. The first-order chi connectivity index (χ1) is 14.8. The molecule has 3 rings (SSSR count). The zero-order chi connectivity index (χ0) is 22.5. The maximum atomic E-state index is 12.6. The number of carbonyl (C=O) groups excluding carboxylic acids is 2. The van der Waals surface area contributed by atoms with Crippen molar-refractivity contribution in [1.29, 1.82) is 0 Å². The smallest absolute Gasteiger partial charge is 0.341 e. The van der Waals surface area contributed by atoms with Crippen LogP contribution in [0, 0.1) is 13.8 Å². The van der Waals surface area contributed by atoms with Crippen LogP contribution >= 0.6 is 34.5 Å². The van der Waals surface area contributed by atoms with Gasteiger partial charge in [0.2, 0.25) is 5.91 Å². The predicted molar refractivity (Wildman–Crippen MR) is 127 cm³/mol. The molecule has 2 aromatic rings. The van der Waals surface area contributed by atoms with Gasteiger partial charge in [0.1, 0.15) is 5.00 Å². The van der Waals surface area contributed by atoms with E-state index < -0.39 is 5.97 Å². The molecule has 1 aliphatic rings. The van der Waals surface area contributed by atoms with Crippen LogP contribution in [0.5, 0.6) is 0 Å². The average molecular weight is 484 g/mol. The largest absolute Gasteiger partial charge is 0.462 e. The molecule has 6 nitrogen and oxygen atoms in total. The van der Waals surface area contributed by atoms with Crippen LogP contribution in [0.4, 0.5) is 5.00 Å². The molecular weight excluding hydrogens is 457 g/mol. The van der Waals surface area contributed by atoms with Crippen LogP contribution in [0.2, 0.25) is 10.0 Å². The van der Waals surface area contributed by atoms with E-state index in [-0.39, 0.29) is 5.91 Å². The monoisotopic (exact) mass is 483 g/mol. The normalized spacial score (nSPS) is 15.1. The van der Waals surface area contributed by atoms with Gasteiger partial charge in [-0.1, -0.05) is 29.3 Å². The molecular formula is C22H27Cl2N3O3S. The number of benzene rings is 1. The van der Waals surface area contributed by atoms with Crippen molar-refractivity contribution in [3.05, 3.63) is 49.8 Å². The number of rotatable bonds is 7. The van der Waals surface area contributed by atoms with Gasteiger partial charge in [-0.15, -0.1) is 11.3 Å². The van der Waals surface area contributed by atoms with Gasteiger partial charge in [0.15, 0.2) is 0 Å². The molecule has 0 unspecified atom stereocenters. The van der Waals surface area contributed by atoms with Gasteiger partial charge >= 0.3 is 5.97 Å². The molecule has 1 amide bonds. The van der Waals surface area contributed by atoms with E-state index in [2.05, 4.69) is 15.1 Å². The number of ether oxygens (including phenoxy) is 1. The molecule has 1 aliphatic heterocycles. The topological polar surface area (TPSA) is 61.9 Å². The minimum Gasteiger partial charge on any atom is -0.462 e. The number of amides is 1. The van der Waals surface area contributed by atoms with E-state index in [0.29, 0.717) is 33.8 Å². The van der Waals surface area contributed by atoms with Crippen LogP contribution < -0.4 is 5.32 Å². The Morgan fingerprint density at radius 3 is 2.42 bits per heavy atom. The summed E-state index contributed by atoms with van der Waals surface area (Å²) >= 11 is 13.5. The third-order valence-corrected chi connectivity index (χ3v) is 7.20. The number of esters is 1. The lowest BCUT2D eigenvalue weighted by Gasteiger charge is -2.34. The molecule has 0 radical (unpaired) electrons. The molecule has 0 atom stereocenters. The lowest BCUT2D eigenvalue weighted by molar-refractivity contribution is -0.117. The maximum Gasteiger partial charge on any atom is 0.341 e. The molecule has 168 valence electrons. The van der Waals surface area contributed by atoms with Crippen molar-refractivity contribution in [2.75, 3.05) is 44.6 Å². The summed E-state index contributed by atoms with van der Waals surface area (Å²) in [4.78, 5) is 30.4. The van der Waals surface area contributed by atoms with Crippen molar-refractivity contribution < 1.29 is 14.3 Å². The van der Waals surface area contributed by atoms with Gasteiger partial charge < -0.3 is 10.1 Å². The number of thiophene rings is 1. The second-order valence-corrected chi connectivity index (χ2v) is 9.60. The summed E-state index contributed by atoms with van der Waals surface area (Å²) < 4.78 is 5.15. The summed E-state index contributed by atoms with van der Waals surface area (Å²) in [5.74, 6) is -0.514. The molecule has 0 spiro atoms. The molecule has 1 aromatic carbocycles. The van der Waals surface area contributed by atoms with Crippen LogP contribution in [0.15, 0.2) is 18.2 Å². The van der Waals surface area contributed by atoms with E-state index in [9.17, 15) is 9.59 Å². The SMILES string of the molecule is CCOC(=O)c1c(NC(=O)CN2CCN(Cc3ccc(Cl)c(Cl)c3)CC2)sc(C)c1C. The van der Waals surface area contributed by atoms with Gasteiger partial charge in [0.05, 0.1) is 28.8 Å². The van der Waals surface area contributed by atoms with Crippen molar-refractivity contribution >= 4 is 51.4 Å². The van der Waals surface area contributed by atoms with E-state index in [0.717, 1.165) is 48.7 Å². The van der Waals surface area contributed by atoms with Crippen LogP contribution in [0.1, 0.15) is 33.3 Å². The summed E-state index contributed by atoms with van der Waals surface area (Å²) in [7, 11) is 0. The fourth-order valence-corrected chi connectivity index (χ4v) is 4.92. The maximum absolute atomic E-state index is 12.6. The molecule has 0 bridgehead atoms. The number of halogens is 2. The fraction of sp³-hybridized carbons (Fsp3) is 0.455. The van der Waals surface area contributed by atoms with Gasteiger partial charge in [-0.05, 0) is 44.0 Å². The summed E-state index contributed by atoms with van der Waals surface area (Å²) in [6.07, 6.45) is 0. The average Bonchev–Trinajstić information content (AvgIpc) is 2.99. The summed E-state index contributed by atoms with van der Waals surface area (Å²) in [5.41, 5.74) is 2.44. The molecule has 0 aliphatic carbocycles. The highest BCUT2D eigenvalue weighted by Gasteiger charge is 2.24. The van der Waals surface area contributed by atoms with E-state index in [1.165, 1.54) is 11.3 Å². The van der Waals surface area contributed by atoms with Crippen molar-refractivity contribution in [1.82, 2.24) is 9.80 Å². The number of carbonyl (C=O) groups is 2. The van der Waals surface area contributed by atoms with Crippen molar-refractivity contribution in [3.63, 3.8) is 0 Å². The molecule has 1 fully saturated rings. The van der Waals surface area contributed by atoms with E-state index in [4.69, 9.17) is 27.9 Å². The van der Waals surface area contributed by atoms with Crippen LogP contribution in [-0.2, 0) is 16.1 Å². The highest BCUT2D eigenvalue weighted by molar-refractivity contribution is 7.16.